The van der Waals surface area contributed by atoms with Crippen LogP contribution in [0.1, 0.15) is 41.0 Å². The van der Waals surface area contributed by atoms with Crippen LogP contribution in [-0.4, -0.2) is 22.8 Å². The molecular formula is C14H15NO2. The van der Waals surface area contributed by atoms with E-state index in [9.17, 15) is 9.59 Å². The van der Waals surface area contributed by atoms with Crippen LogP contribution >= 0.6 is 0 Å². The normalized spacial score (nSPS) is 16.7. The smallest absolute Gasteiger partial charge is 0.262 e. The van der Waals surface area contributed by atoms with Gasteiger partial charge in [-0.2, -0.15) is 0 Å². The molecule has 1 atom stereocenters. The summed E-state index contributed by atoms with van der Waals surface area (Å²) in [6, 6.07) is 6.83. The summed E-state index contributed by atoms with van der Waals surface area (Å²) in [6.45, 7) is 3.86. The van der Waals surface area contributed by atoms with Crippen LogP contribution in [0.5, 0.6) is 0 Å². The van der Waals surface area contributed by atoms with E-state index in [1.807, 2.05) is 26.0 Å². The molecule has 1 aromatic carbocycles. The Morgan fingerprint density at radius 1 is 1.18 bits per heavy atom. The fourth-order valence-electron chi connectivity index (χ4n) is 2.14. The fourth-order valence-corrected chi connectivity index (χ4v) is 2.14. The highest BCUT2D eigenvalue weighted by atomic mass is 16.2. The maximum Gasteiger partial charge on any atom is 0.262 e. The number of fused-ring (bicyclic) bond motifs is 1. The number of imide groups is 1. The molecule has 3 nitrogen and oxygen atoms in total. The van der Waals surface area contributed by atoms with Crippen LogP contribution in [0.3, 0.4) is 0 Å². The summed E-state index contributed by atoms with van der Waals surface area (Å²) in [5.41, 5.74) is 1.03. The molecule has 0 saturated carbocycles. The average Bonchev–Trinajstić information content (AvgIpc) is 2.61. The summed E-state index contributed by atoms with van der Waals surface area (Å²) in [6.07, 6.45) is 4.50. The van der Waals surface area contributed by atoms with Crippen LogP contribution in [0.2, 0.25) is 0 Å². The van der Waals surface area contributed by atoms with E-state index in [0.29, 0.717) is 11.1 Å². The zero-order chi connectivity index (χ0) is 12.4. The van der Waals surface area contributed by atoms with Gasteiger partial charge in [-0.25, -0.2) is 0 Å². The minimum Gasteiger partial charge on any atom is -0.269 e. The van der Waals surface area contributed by atoms with Gasteiger partial charge in [0.05, 0.1) is 17.2 Å². The second-order valence-electron chi connectivity index (χ2n) is 4.03. The van der Waals surface area contributed by atoms with Gasteiger partial charge in [0.25, 0.3) is 11.8 Å². The maximum atomic E-state index is 12.2. The van der Waals surface area contributed by atoms with Crippen molar-refractivity contribution in [3.05, 3.63) is 47.5 Å². The molecule has 0 N–H and O–H groups in total. The predicted octanol–water partition coefficient (Wildman–Crippen LogP) is 2.64. The molecule has 0 radical (unpaired) electrons. The Kier molecular flexibility index (Phi) is 3.09. The maximum absolute atomic E-state index is 12.2. The molecule has 0 bridgehead atoms. The highest BCUT2D eigenvalue weighted by molar-refractivity contribution is 6.21. The Morgan fingerprint density at radius 2 is 1.71 bits per heavy atom. The Labute approximate surface area is 101 Å². The second-order valence-corrected chi connectivity index (χ2v) is 4.03. The van der Waals surface area contributed by atoms with Gasteiger partial charge in [0.2, 0.25) is 0 Å². The monoisotopic (exact) mass is 229 g/mol. The van der Waals surface area contributed by atoms with Crippen molar-refractivity contribution in [2.24, 2.45) is 0 Å². The molecule has 0 fully saturated rings. The first-order valence-corrected chi connectivity index (χ1v) is 5.80. The molecular weight excluding hydrogens is 214 g/mol. The van der Waals surface area contributed by atoms with Crippen molar-refractivity contribution >= 4 is 11.8 Å². The molecule has 88 valence electrons. The van der Waals surface area contributed by atoms with E-state index in [1.54, 1.807) is 24.3 Å². The number of benzene rings is 1. The number of allylic oxidation sites excluding steroid dienone is 1. The van der Waals surface area contributed by atoms with Crippen LogP contribution in [-0.2, 0) is 0 Å². The van der Waals surface area contributed by atoms with Crippen LogP contribution in [0.4, 0.5) is 0 Å². The Bertz CT molecular complexity index is 456. The third kappa shape index (κ3) is 1.78. The van der Waals surface area contributed by atoms with Gasteiger partial charge in [0, 0.05) is 0 Å². The Morgan fingerprint density at radius 3 is 2.12 bits per heavy atom. The summed E-state index contributed by atoms with van der Waals surface area (Å²) in [7, 11) is 0. The number of rotatable bonds is 3. The third-order valence-corrected chi connectivity index (χ3v) is 2.99. The molecule has 0 aromatic heterocycles. The lowest BCUT2D eigenvalue weighted by Crippen LogP contribution is -2.38. The molecule has 1 aliphatic heterocycles. The number of hydrogen-bond donors (Lipinski definition) is 0. The van der Waals surface area contributed by atoms with Crippen molar-refractivity contribution in [1.82, 2.24) is 4.90 Å². The molecule has 2 rings (SSSR count). The molecule has 0 unspecified atom stereocenters. The molecule has 1 aromatic rings. The van der Waals surface area contributed by atoms with E-state index in [1.165, 1.54) is 4.90 Å². The van der Waals surface area contributed by atoms with Crippen molar-refractivity contribution in [2.75, 3.05) is 0 Å². The van der Waals surface area contributed by atoms with Crippen molar-refractivity contribution in [1.29, 1.82) is 0 Å². The molecule has 1 heterocycles. The zero-order valence-electron chi connectivity index (χ0n) is 10.0. The number of amides is 2. The largest absolute Gasteiger partial charge is 0.269 e. The fraction of sp³-hybridized carbons (Fsp3) is 0.286. The Hall–Kier alpha value is -1.90. The first kappa shape index (κ1) is 11.6. The van der Waals surface area contributed by atoms with Crippen molar-refractivity contribution in [3.63, 3.8) is 0 Å². The SMILES string of the molecule is C/C=C/[C@@H](CC)N1C(=O)c2ccccc2C1=O. The highest BCUT2D eigenvalue weighted by Gasteiger charge is 2.37. The first-order valence-electron chi connectivity index (χ1n) is 5.80. The predicted molar refractivity (Wildman–Crippen MR) is 65.8 cm³/mol. The first-order chi connectivity index (χ1) is 8.20. The van der Waals surface area contributed by atoms with Crippen LogP contribution in [0, 0.1) is 0 Å². The van der Waals surface area contributed by atoms with E-state index in [2.05, 4.69) is 0 Å². The van der Waals surface area contributed by atoms with Crippen LogP contribution < -0.4 is 0 Å². The number of nitrogens with zero attached hydrogens (tertiary/aromatic N) is 1. The lowest BCUT2D eigenvalue weighted by atomic mass is 10.1. The van der Waals surface area contributed by atoms with E-state index in [-0.39, 0.29) is 17.9 Å². The number of carbonyl (C=O) groups excluding carboxylic acids is 2. The van der Waals surface area contributed by atoms with Gasteiger partial charge in [-0.05, 0) is 25.5 Å². The lowest BCUT2D eigenvalue weighted by molar-refractivity contribution is 0.0612. The van der Waals surface area contributed by atoms with Crippen LogP contribution in [0.25, 0.3) is 0 Å². The van der Waals surface area contributed by atoms with E-state index < -0.39 is 0 Å². The molecule has 17 heavy (non-hydrogen) atoms. The van der Waals surface area contributed by atoms with Gasteiger partial charge in [0.1, 0.15) is 0 Å². The van der Waals surface area contributed by atoms with Gasteiger partial charge < -0.3 is 0 Å². The summed E-state index contributed by atoms with van der Waals surface area (Å²) < 4.78 is 0. The van der Waals surface area contributed by atoms with Gasteiger partial charge in [-0.15, -0.1) is 0 Å². The van der Waals surface area contributed by atoms with Crippen molar-refractivity contribution in [3.8, 4) is 0 Å². The molecule has 0 spiro atoms. The molecule has 0 saturated heterocycles. The summed E-state index contributed by atoms with van der Waals surface area (Å²) in [4.78, 5) is 25.7. The minimum atomic E-state index is -0.185. The van der Waals surface area contributed by atoms with E-state index in [0.717, 1.165) is 6.42 Å². The lowest BCUT2D eigenvalue weighted by Gasteiger charge is -2.21. The summed E-state index contributed by atoms with van der Waals surface area (Å²) in [5, 5.41) is 0. The highest BCUT2D eigenvalue weighted by Crippen LogP contribution is 2.25. The third-order valence-electron chi connectivity index (χ3n) is 2.99. The van der Waals surface area contributed by atoms with Gasteiger partial charge >= 0.3 is 0 Å². The van der Waals surface area contributed by atoms with Crippen molar-refractivity contribution in [2.45, 2.75) is 26.3 Å². The molecule has 2 amide bonds. The van der Waals surface area contributed by atoms with Gasteiger partial charge in [-0.1, -0.05) is 31.2 Å². The Balaban J connectivity index is 2.42. The minimum absolute atomic E-state index is 0.146. The molecule has 1 aliphatic rings. The summed E-state index contributed by atoms with van der Waals surface area (Å²) in [5.74, 6) is -0.369. The van der Waals surface area contributed by atoms with E-state index in [4.69, 9.17) is 0 Å². The van der Waals surface area contributed by atoms with Gasteiger partial charge in [-0.3, -0.25) is 14.5 Å². The van der Waals surface area contributed by atoms with Crippen LogP contribution in [0.15, 0.2) is 36.4 Å². The zero-order valence-corrected chi connectivity index (χ0v) is 10.0. The second kappa shape index (κ2) is 4.53. The summed E-state index contributed by atoms with van der Waals surface area (Å²) >= 11 is 0. The molecule has 3 heteroatoms. The van der Waals surface area contributed by atoms with Gasteiger partial charge in [0.15, 0.2) is 0 Å². The number of hydrogen-bond acceptors (Lipinski definition) is 2. The average molecular weight is 229 g/mol. The van der Waals surface area contributed by atoms with Crippen molar-refractivity contribution < 1.29 is 9.59 Å². The molecule has 0 aliphatic carbocycles. The standard InChI is InChI=1S/C14H15NO2/c1-3-7-10(4-2)15-13(16)11-8-5-6-9-12(11)14(15)17/h3,5-10H,4H2,1-2H3/b7-3+/t10-/m1/s1. The topological polar surface area (TPSA) is 37.4 Å². The van der Waals surface area contributed by atoms with E-state index >= 15 is 0 Å². The quantitative estimate of drug-likeness (QED) is 0.590. The number of carbonyl (C=O) groups is 2.